The van der Waals surface area contributed by atoms with E-state index in [-0.39, 0.29) is 17.5 Å². The van der Waals surface area contributed by atoms with E-state index in [9.17, 15) is 26.4 Å². The van der Waals surface area contributed by atoms with Gasteiger partial charge < -0.3 is 10.2 Å². The summed E-state index contributed by atoms with van der Waals surface area (Å²) in [7, 11) is -4.33. The molecule has 0 saturated carbocycles. The molecule has 2 aromatic rings. The predicted molar refractivity (Wildman–Crippen MR) is 69.0 cm³/mol. The van der Waals surface area contributed by atoms with E-state index in [0.717, 1.165) is 12.1 Å². The highest BCUT2D eigenvalue weighted by molar-refractivity contribution is 7.89. The minimum Gasteiger partial charge on any atom is -0.413 e. The summed E-state index contributed by atoms with van der Waals surface area (Å²) in [6, 6.07) is 3.39. The number of carbonyl (C=O) groups excluding carboxylic acids is 1. The molecule has 0 unspecified atom stereocenters. The normalized spacial score (nSPS) is 12.3. The van der Waals surface area contributed by atoms with Crippen molar-refractivity contribution in [1.82, 2.24) is 10.2 Å². The highest BCUT2D eigenvalue weighted by Gasteiger charge is 2.38. The van der Waals surface area contributed by atoms with Crippen molar-refractivity contribution in [3.05, 3.63) is 29.7 Å². The lowest BCUT2D eigenvalue weighted by atomic mass is 10.1. The molecule has 0 spiro atoms. The number of hydrogen-bond acceptors (Lipinski definition) is 6. The van der Waals surface area contributed by atoms with Crippen molar-refractivity contribution in [2.45, 2.75) is 17.5 Å². The van der Waals surface area contributed by atoms with Gasteiger partial charge in [0.05, 0.1) is 16.9 Å². The first kappa shape index (κ1) is 16.9. The fourth-order valence-corrected chi connectivity index (χ4v) is 2.51. The summed E-state index contributed by atoms with van der Waals surface area (Å²) in [5.74, 6) is -3.03. The van der Waals surface area contributed by atoms with Crippen molar-refractivity contribution in [2.24, 2.45) is 10.9 Å². The van der Waals surface area contributed by atoms with E-state index in [1.165, 1.54) is 6.07 Å². The van der Waals surface area contributed by atoms with Crippen LogP contribution >= 0.6 is 0 Å². The number of aromatic nitrogens is 2. The zero-order valence-electron chi connectivity index (χ0n) is 11.2. The topological polar surface area (TPSA) is 142 Å². The SMILES string of the molecule is NC(=O)Cc1ccc(-c2nnc(C(F)(F)F)o2)c(S(N)(=O)=O)c1. The smallest absolute Gasteiger partial charge is 0.413 e. The molecule has 8 nitrogen and oxygen atoms in total. The van der Waals surface area contributed by atoms with Crippen molar-refractivity contribution < 1.29 is 30.8 Å². The van der Waals surface area contributed by atoms with E-state index in [1.807, 2.05) is 0 Å². The van der Waals surface area contributed by atoms with Crippen molar-refractivity contribution in [2.75, 3.05) is 0 Å². The molecule has 0 bridgehead atoms. The Morgan fingerprint density at radius 2 is 1.91 bits per heavy atom. The van der Waals surface area contributed by atoms with Gasteiger partial charge in [0.1, 0.15) is 0 Å². The number of amides is 1. The molecule has 0 aliphatic rings. The maximum atomic E-state index is 12.5. The van der Waals surface area contributed by atoms with Crippen LogP contribution in [0.2, 0.25) is 0 Å². The number of alkyl halides is 3. The Hall–Kier alpha value is -2.47. The van der Waals surface area contributed by atoms with Crippen LogP contribution in [-0.2, 0) is 27.4 Å². The third-order valence-electron chi connectivity index (χ3n) is 2.63. The number of sulfonamides is 1. The number of benzene rings is 1. The lowest BCUT2D eigenvalue weighted by molar-refractivity contribution is -0.157. The summed E-state index contributed by atoms with van der Waals surface area (Å²) >= 11 is 0. The third kappa shape index (κ3) is 3.84. The second-order valence-corrected chi connectivity index (χ2v) is 5.96. The maximum absolute atomic E-state index is 12.5. The minimum atomic E-state index is -4.88. The quantitative estimate of drug-likeness (QED) is 0.819. The van der Waals surface area contributed by atoms with Crippen LogP contribution in [0.15, 0.2) is 27.5 Å². The molecular weight excluding hydrogens is 341 g/mol. The zero-order chi connectivity index (χ0) is 17.4. The van der Waals surface area contributed by atoms with Gasteiger partial charge in [-0.15, -0.1) is 10.2 Å². The fourth-order valence-electron chi connectivity index (χ4n) is 1.74. The van der Waals surface area contributed by atoms with Gasteiger partial charge in [-0.05, 0) is 17.7 Å². The standard InChI is InChI=1S/C11H9F3N4O4S/c12-11(13,14)10-18-17-9(22-10)6-2-1-5(4-8(15)19)3-7(6)23(16,20)21/h1-3H,4H2,(H2,15,19)(H2,16,20,21). The Kier molecular flexibility index (Phi) is 4.13. The van der Waals surface area contributed by atoms with E-state index < -0.39 is 38.8 Å². The van der Waals surface area contributed by atoms with Crippen LogP contribution in [0.25, 0.3) is 11.5 Å². The van der Waals surface area contributed by atoms with E-state index >= 15 is 0 Å². The highest BCUT2D eigenvalue weighted by Crippen LogP contribution is 2.32. The molecule has 4 N–H and O–H groups in total. The van der Waals surface area contributed by atoms with Crippen molar-refractivity contribution >= 4 is 15.9 Å². The molecule has 2 rings (SSSR count). The monoisotopic (exact) mass is 350 g/mol. The van der Waals surface area contributed by atoms with Crippen LogP contribution in [0.3, 0.4) is 0 Å². The molecule has 1 amide bonds. The van der Waals surface area contributed by atoms with Crippen molar-refractivity contribution in [3.63, 3.8) is 0 Å². The molecular formula is C11H9F3N4O4S. The minimum absolute atomic E-state index is 0.209. The van der Waals surface area contributed by atoms with Gasteiger partial charge in [-0.1, -0.05) is 6.07 Å². The average molecular weight is 350 g/mol. The molecule has 0 fully saturated rings. The van der Waals surface area contributed by atoms with Crippen LogP contribution in [0, 0.1) is 0 Å². The Bertz CT molecular complexity index is 860. The predicted octanol–water partition coefficient (Wildman–Crippen LogP) is 0.431. The Morgan fingerprint density at radius 1 is 1.26 bits per heavy atom. The molecule has 1 heterocycles. The Balaban J connectivity index is 2.58. The fraction of sp³-hybridized carbons (Fsp3) is 0.182. The van der Waals surface area contributed by atoms with Crippen LogP contribution in [0.1, 0.15) is 11.5 Å². The first-order valence-corrected chi connectivity index (χ1v) is 7.38. The number of carbonyl (C=O) groups is 1. The number of nitrogens with two attached hydrogens (primary N) is 2. The van der Waals surface area contributed by atoms with Gasteiger partial charge in [0.15, 0.2) is 0 Å². The molecule has 0 radical (unpaired) electrons. The average Bonchev–Trinajstić information content (AvgIpc) is 2.86. The number of hydrogen-bond donors (Lipinski definition) is 2. The summed E-state index contributed by atoms with van der Waals surface area (Å²) in [6.45, 7) is 0. The lowest BCUT2D eigenvalue weighted by Crippen LogP contribution is -2.16. The number of halogens is 3. The van der Waals surface area contributed by atoms with Gasteiger partial charge in [-0.25, -0.2) is 13.6 Å². The summed E-state index contributed by atoms with van der Waals surface area (Å²) in [4.78, 5) is 10.3. The van der Waals surface area contributed by atoms with Crippen LogP contribution in [0.4, 0.5) is 13.2 Å². The molecule has 23 heavy (non-hydrogen) atoms. The second kappa shape index (κ2) is 5.62. The number of primary sulfonamides is 1. The number of nitrogens with zero attached hydrogens (tertiary/aromatic N) is 2. The first-order valence-electron chi connectivity index (χ1n) is 5.83. The highest BCUT2D eigenvalue weighted by atomic mass is 32.2. The summed E-state index contributed by atoms with van der Waals surface area (Å²) in [5, 5.41) is 11.0. The van der Waals surface area contributed by atoms with Gasteiger partial charge in [-0.2, -0.15) is 13.2 Å². The van der Waals surface area contributed by atoms with Gasteiger partial charge >= 0.3 is 12.1 Å². The Morgan fingerprint density at radius 3 is 2.39 bits per heavy atom. The zero-order valence-corrected chi connectivity index (χ0v) is 12.0. The summed E-state index contributed by atoms with van der Waals surface area (Å²) in [6.07, 6.45) is -5.15. The van der Waals surface area contributed by atoms with Crippen LogP contribution in [0.5, 0.6) is 0 Å². The molecule has 0 atom stereocenters. The van der Waals surface area contributed by atoms with E-state index in [0.29, 0.717) is 0 Å². The van der Waals surface area contributed by atoms with Gasteiger partial charge in [0.25, 0.3) is 0 Å². The molecule has 0 saturated heterocycles. The van der Waals surface area contributed by atoms with Gasteiger partial charge in [-0.3, -0.25) is 4.79 Å². The molecule has 124 valence electrons. The summed E-state index contributed by atoms with van der Waals surface area (Å²) in [5.41, 5.74) is 4.89. The first-order chi connectivity index (χ1) is 10.5. The number of rotatable bonds is 4. The van der Waals surface area contributed by atoms with E-state index in [2.05, 4.69) is 14.6 Å². The molecule has 0 aliphatic carbocycles. The van der Waals surface area contributed by atoms with Crippen molar-refractivity contribution in [3.8, 4) is 11.5 Å². The van der Waals surface area contributed by atoms with Crippen molar-refractivity contribution in [1.29, 1.82) is 0 Å². The second-order valence-electron chi connectivity index (χ2n) is 4.43. The molecule has 0 aliphatic heterocycles. The summed E-state index contributed by atoms with van der Waals surface area (Å²) < 4.78 is 65.1. The van der Waals surface area contributed by atoms with Gasteiger partial charge in [0.2, 0.25) is 21.8 Å². The van der Waals surface area contributed by atoms with E-state index in [1.54, 1.807) is 0 Å². The Labute approximate surface area is 127 Å². The van der Waals surface area contributed by atoms with Crippen LogP contribution in [-0.4, -0.2) is 24.5 Å². The largest absolute Gasteiger partial charge is 0.470 e. The lowest BCUT2D eigenvalue weighted by Gasteiger charge is -2.07. The number of primary amides is 1. The van der Waals surface area contributed by atoms with Crippen LogP contribution < -0.4 is 10.9 Å². The van der Waals surface area contributed by atoms with E-state index in [4.69, 9.17) is 10.9 Å². The molecule has 1 aromatic carbocycles. The maximum Gasteiger partial charge on any atom is 0.470 e. The molecule has 1 aromatic heterocycles. The van der Waals surface area contributed by atoms with Gasteiger partial charge in [0, 0.05) is 0 Å². The molecule has 12 heteroatoms. The third-order valence-corrected chi connectivity index (χ3v) is 3.58.